The third-order valence-electron chi connectivity index (χ3n) is 6.73. The number of aliphatic carboxylic acids is 1. The fourth-order valence-electron chi connectivity index (χ4n) is 5.83. The number of carbonyl (C=O) groups excluding carboxylic acids is 1. The van der Waals surface area contributed by atoms with Crippen LogP contribution >= 0.6 is 0 Å². The Labute approximate surface area is 158 Å². The van der Waals surface area contributed by atoms with Crippen molar-refractivity contribution in [3.63, 3.8) is 0 Å². The van der Waals surface area contributed by atoms with Gasteiger partial charge in [0.25, 0.3) is 5.91 Å². The van der Waals surface area contributed by atoms with Crippen LogP contribution in [0.5, 0.6) is 0 Å². The minimum atomic E-state index is -1.11. The van der Waals surface area contributed by atoms with E-state index in [-0.39, 0.29) is 17.9 Å². The van der Waals surface area contributed by atoms with Gasteiger partial charge in [-0.05, 0) is 31.0 Å². The number of hydrogen-bond acceptors (Lipinski definition) is 3. The molecule has 2 saturated heterocycles. The smallest absolute Gasteiger partial charge is 0.309 e. The second-order valence-electron chi connectivity index (χ2n) is 7.80. The molecule has 1 spiro atoms. The zero-order chi connectivity index (χ0) is 18.8. The van der Waals surface area contributed by atoms with Gasteiger partial charge in [-0.2, -0.15) is 0 Å². The van der Waals surface area contributed by atoms with E-state index < -0.39 is 17.4 Å². The largest absolute Gasteiger partial charge is 0.481 e. The van der Waals surface area contributed by atoms with E-state index in [2.05, 4.69) is 4.90 Å². The van der Waals surface area contributed by atoms with Crippen LogP contribution in [-0.4, -0.2) is 41.5 Å². The second kappa shape index (κ2) is 5.67. The van der Waals surface area contributed by atoms with Crippen LogP contribution in [0.1, 0.15) is 29.9 Å². The molecule has 2 aromatic carbocycles. The van der Waals surface area contributed by atoms with Crippen LogP contribution in [0.3, 0.4) is 0 Å². The van der Waals surface area contributed by atoms with Gasteiger partial charge in [0.1, 0.15) is 5.54 Å². The molecule has 0 bridgehead atoms. The molecule has 2 aromatic rings. The maximum atomic E-state index is 13.6. The van der Waals surface area contributed by atoms with E-state index in [1.54, 1.807) is 11.9 Å². The number of carboxylic acid groups (broad SMARTS) is 1. The van der Waals surface area contributed by atoms with Crippen LogP contribution in [0.4, 0.5) is 5.69 Å². The fourth-order valence-corrected chi connectivity index (χ4v) is 5.83. The van der Waals surface area contributed by atoms with Crippen molar-refractivity contribution in [1.29, 1.82) is 0 Å². The Hall–Kier alpha value is -2.66. The lowest BCUT2D eigenvalue weighted by molar-refractivity contribution is -0.150. The van der Waals surface area contributed by atoms with Crippen molar-refractivity contribution in [1.82, 2.24) is 4.90 Å². The maximum Gasteiger partial charge on any atom is 0.309 e. The quantitative estimate of drug-likeness (QED) is 0.892. The van der Waals surface area contributed by atoms with Crippen molar-refractivity contribution in [2.75, 3.05) is 18.5 Å². The van der Waals surface area contributed by atoms with Crippen molar-refractivity contribution < 1.29 is 14.7 Å². The maximum absolute atomic E-state index is 13.6. The molecule has 1 N–H and O–H groups in total. The van der Waals surface area contributed by atoms with E-state index in [1.165, 1.54) is 0 Å². The first-order chi connectivity index (χ1) is 13.1. The van der Waals surface area contributed by atoms with Gasteiger partial charge in [-0.15, -0.1) is 0 Å². The third-order valence-corrected chi connectivity index (χ3v) is 6.73. The lowest BCUT2D eigenvalue weighted by Crippen LogP contribution is -2.54. The average Bonchev–Trinajstić information content (AvgIpc) is 3.32. The highest BCUT2D eigenvalue weighted by atomic mass is 16.4. The van der Waals surface area contributed by atoms with E-state index >= 15 is 0 Å². The minimum absolute atomic E-state index is 0.0667. The molecule has 3 aliphatic rings. The number of hydrogen-bond donors (Lipinski definition) is 1. The minimum Gasteiger partial charge on any atom is -0.481 e. The first-order valence-electron chi connectivity index (χ1n) is 9.50. The van der Waals surface area contributed by atoms with Crippen LogP contribution in [0, 0.1) is 5.92 Å². The number of carbonyl (C=O) groups is 2. The number of benzene rings is 2. The van der Waals surface area contributed by atoms with Crippen molar-refractivity contribution in [3.05, 3.63) is 65.7 Å². The van der Waals surface area contributed by atoms with Gasteiger partial charge in [-0.3, -0.25) is 14.5 Å². The van der Waals surface area contributed by atoms with Gasteiger partial charge in [0.15, 0.2) is 0 Å². The Bertz CT molecular complexity index is 928. The van der Waals surface area contributed by atoms with Crippen LogP contribution in [-0.2, 0) is 15.1 Å². The van der Waals surface area contributed by atoms with Crippen molar-refractivity contribution in [3.8, 4) is 0 Å². The van der Waals surface area contributed by atoms with Crippen LogP contribution in [0.15, 0.2) is 54.6 Å². The number of para-hydroxylation sites is 1. The lowest BCUT2D eigenvalue weighted by Gasteiger charge is -2.36. The van der Waals surface area contributed by atoms with Gasteiger partial charge in [-0.1, -0.05) is 48.5 Å². The SMILES string of the molecule is CN1C(=O)[C@]2(c3ccccc31)[C@@H](C(=O)O)[C@H](c1ccccc1)[C@H]1CCCN12. The summed E-state index contributed by atoms with van der Waals surface area (Å²) in [6.45, 7) is 0.756. The van der Waals surface area contributed by atoms with Crippen molar-refractivity contribution in [2.45, 2.75) is 30.3 Å². The number of rotatable bonds is 2. The molecule has 3 heterocycles. The molecule has 138 valence electrons. The molecule has 0 saturated carbocycles. The molecule has 2 fully saturated rings. The number of fused-ring (bicyclic) bond motifs is 4. The standard InChI is InChI=1S/C22H22N2O3/c1-23-16-11-6-5-10-15(16)22(21(23)27)19(20(25)26)18(14-8-3-2-4-9-14)17-12-7-13-24(17)22/h2-6,8-11,17-19H,7,12-13H2,1H3,(H,25,26)/t17-,18-,19-,22+/m1/s1. The summed E-state index contributed by atoms with van der Waals surface area (Å²) in [5, 5.41) is 10.4. The summed E-state index contributed by atoms with van der Waals surface area (Å²) in [5.41, 5.74) is 1.57. The summed E-state index contributed by atoms with van der Waals surface area (Å²) in [6, 6.07) is 17.6. The van der Waals surface area contributed by atoms with Gasteiger partial charge in [0.2, 0.25) is 0 Å². The first-order valence-corrected chi connectivity index (χ1v) is 9.50. The molecule has 3 aliphatic heterocycles. The Balaban J connectivity index is 1.79. The number of likely N-dealkylation sites (N-methyl/N-ethyl adjacent to an activating group) is 1. The number of amides is 1. The number of nitrogens with zero attached hydrogens (tertiary/aromatic N) is 2. The average molecular weight is 362 g/mol. The molecule has 5 nitrogen and oxygen atoms in total. The Kier molecular flexibility index (Phi) is 3.46. The molecule has 0 radical (unpaired) electrons. The molecule has 5 rings (SSSR count). The normalized spacial score (nSPS) is 32.1. The van der Waals surface area contributed by atoms with Gasteiger partial charge in [0, 0.05) is 30.3 Å². The Morgan fingerprint density at radius 3 is 2.56 bits per heavy atom. The fraction of sp³-hybridized carbons (Fsp3) is 0.364. The van der Waals surface area contributed by atoms with E-state index in [1.807, 2.05) is 54.6 Å². The van der Waals surface area contributed by atoms with Crippen LogP contribution in [0.2, 0.25) is 0 Å². The molecular weight excluding hydrogens is 340 g/mol. The summed E-state index contributed by atoms with van der Waals surface area (Å²) in [5.74, 6) is -2.00. The summed E-state index contributed by atoms with van der Waals surface area (Å²) >= 11 is 0. The van der Waals surface area contributed by atoms with Gasteiger partial charge >= 0.3 is 5.97 Å². The second-order valence-corrected chi connectivity index (χ2v) is 7.80. The van der Waals surface area contributed by atoms with E-state index in [0.29, 0.717) is 0 Å². The lowest BCUT2D eigenvalue weighted by atomic mass is 9.72. The van der Waals surface area contributed by atoms with Crippen LogP contribution < -0.4 is 4.90 Å². The first kappa shape index (κ1) is 16.5. The van der Waals surface area contributed by atoms with Gasteiger partial charge < -0.3 is 10.0 Å². The number of anilines is 1. The van der Waals surface area contributed by atoms with Crippen molar-refractivity contribution in [2.24, 2.45) is 5.92 Å². The Morgan fingerprint density at radius 1 is 1.11 bits per heavy atom. The molecule has 1 amide bonds. The van der Waals surface area contributed by atoms with E-state index in [4.69, 9.17) is 0 Å². The molecule has 0 aromatic heterocycles. The zero-order valence-electron chi connectivity index (χ0n) is 15.2. The van der Waals surface area contributed by atoms with E-state index in [9.17, 15) is 14.7 Å². The molecule has 4 atom stereocenters. The highest BCUT2D eigenvalue weighted by Crippen LogP contribution is 2.61. The monoisotopic (exact) mass is 362 g/mol. The molecule has 0 aliphatic carbocycles. The highest BCUT2D eigenvalue weighted by Gasteiger charge is 2.70. The van der Waals surface area contributed by atoms with Crippen molar-refractivity contribution >= 4 is 17.6 Å². The van der Waals surface area contributed by atoms with Crippen LogP contribution in [0.25, 0.3) is 0 Å². The summed E-state index contributed by atoms with van der Waals surface area (Å²) in [7, 11) is 1.76. The van der Waals surface area contributed by atoms with Gasteiger partial charge in [-0.25, -0.2) is 0 Å². The topological polar surface area (TPSA) is 60.9 Å². The van der Waals surface area contributed by atoms with E-state index in [0.717, 1.165) is 36.2 Å². The molecule has 27 heavy (non-hydrogen) atoms. The summed E-state index contributed by atoms with van der Waals surface area (Å²) in [6.07, 6.45) is 1.91. The molecular formula is C22H22N2O3. The predicted octanol–water partition coefficient (Wildman–Crippen LogP) is 2.82. The summed E-state index contributed by atoms with van der Waals surface area (Å²) < 4.78 is 0. The zero-order valence-corrected chi connectivity index (χ0v) is 15.2. The highest BCUT2D eigenvalue weighted by molar-refractivity contribution is 6.10. The third kappa shape index (κ3) is 1.92. The Morgan fingerprint density at radius 2 is 1.81 bits per heavy atom. The predicted molar refractivity (Wildman–Crippen MR) is 102 cm³/mol. The van der Waals surface area contributed by atoms with Gasteiger partial charge in [0.05, 0.1) is 5.92 Å². The summed E-state index contributed by atoms with van der Waals surface area (Å²) in [4.78, 5) is 30.1. The molecule has 5 heteroatoms. The number of carboxylic acids is 1. The molecule has 0 unspecified atom stereocenters.